The van der Waals surface area contributed by atoms with Crippen molar-refractivity contribution >= 4 is 11.0 Å². The first kappa shape index (κ1) is 15.3. The maximum absolute atomic E-state index is 9.19. The van der Waals surface area contributed by atoms with Crippen LogP contribution in [0, 0.1) is 0 Å². The Kier molecular flexibility index (Phi) is 4.43. The fourth-order valence-electron chi connectivity index (χ4n) is 2.62. The number of aliphatic hydroxyl groups is 1. The molecular weight excluding hydrogens is 294 g/mol. The van der Waals surface area contributed by atoms with Crippen LogP contribution in [-0.2, 0) is 6.54 Å². The summed E-state index contributed by atoms with van der Waals surface area (Å²) < 4.78 is 12.8. The zero-order valence-electron chi connectivity index (χ0n) is 13.2. The molecule has 120 valence electrons. The Bertz CT molecular complexity index is 800. The molecule has 1 aromatic carbocycles. The highest BCUT2D eigenvalue weighted by molar-refractivity contribution is 5.84. The second kappa shape index (κ2) is 6.66. The van der Waals surface area contributed by atoms with E-state index in [9.17, 15) is 5.11 Å². The van der Waals surface area contributed by atoms with Gasteiger partial charge in [0.25, 0.3) is 0 Å². The summed E-state index contributed by atoms with van der Waals surface area (Å²) in [7, 11) is 3.22. The van der Waals surface area contributed by atoms with Crippen LogP contribution in [0.3, 0.4) is 0 Å². The minimum Gasteiger partial charge on any atom is -0.493 e. The number of fused-ring (bicyclic) bond motifs is 1. The molecule has 0 spiro atoms. The first-order valence-corrected chi connectivity index (χ1v) is 7.42. The van der Waals surface area contributed by atoms with Crippen LogP contribution < -0.4 is 9.47 Å². The highest BCUT2D eigenvalue weighted by Crippen LogP contribution is 2.34. The largest absolute Gasteiger partial charge is 0.493 e. The fraction of sp³-hybridized carbons (Fsp3) is 0.294. The number of nitrogens with zero attached hydrogens (tertiary/aromatic N) is 3. The van der Waals surface area contributed by atoms with Crippen LogP contribution in [0.15, 0.2) is 36.7 Å². The molecule has 6 nitrogen and oxygen atoms in total. The molecule has 23 heavy (non-hydrogen) atoms. The molecule has 2 aromatic heterocycles. The lowest BCUT2D eigenvalue weighted by molar-refractivity contribution is 0.281. The van der Waals surface area contributed by atoms with Crippen LogP contribution in [-0.4, -0.2) is 40.5 Å². The third-order valence-corrected chi connectivity index (χ3v) is 3.71. The number of hydrogen-bond donors (Lipinski definition) is 1. The van der Waals surface area contributed by atoms with Crippen molar-refractivity contribution in [1.82, 2.24) is 14.5 Å². The predicted molar refractivity (Wildman–Crippen MR) is 87.8 cm³/mol. The van der Waals surface area contributed by atoms with Gasteiger partial charge < -0.3 is 19.1 Å². The number of aliphatic hydroxyl groups excluding tert-OH is 1. The molecule has 3 aromatic rings. The van der Waals surface area contributed by atoms with E-state index >= 15 is 0 Å². The summed E-state index contributed by atoms with van der Waals surface area (Å²) in [6, 6.07) is 7.63. The molecule has 0 atom stereocenters. The van der Waals surface area contributed by atoms with Crippen LogP contribution >= 0.6 is 0 Å². The molecule has 0 bridgehead atoms. The van der Waals surface area contributed by atoms with Crippen molar-refractivity contribution in [2.24, 2.45) is 0 Å². The SMILES string of the molecule is COc1cc2nc(-c3cccnc3)n(CCCO)c2cc1OC. The standard InChI is InChI=1S/C17H19N3O3/c1-22-15-9-13-14(10-16(15)23-2)20(7-4-8-21)17(19-13)12-5-3-6-18-11-12/h3,5-6,9-11,21H,4,7-8H2,1-2H3. The van der Waals surface area contributed by atoms with Crippen molar-refractivity contribution in [2.45, 2.75) is 13.0 Å². The molecule has 0 saturated heterocycles. The molecule has 0 aliphatic rings. The topological polar surface area (TPSA) is 69.4 Å². The Balaban J connectivity index is 2.22. The zero-order chi connectivity index (χ0) is 16.2. The molecule has 2 heterocycles. The minimum atomic E-state index is 0.124. The molecule has 0 amide bonds. The minimum absolute atomic E-state index is 0.124. The quantitative estimate of drug-likeness (QED) is 0.757. The molecule has 0 saturated carbocycles. The lowest BCUT2D eigenvalue weighted by Gasteiger charge is -2.10. The van der Waals surface area contributed by atoms with Gasteiger partial charge in [-0.2, -0.15) is 0 Å². The monoisotopic (exact) mass is 313 g/mol. The predicted octanol–water partition coefficient (Wildman–Crippen LogP) is 2.50. The Morgan fingerprint density at radius 2 is 1.96 bits per heavy atom. The number of pyridine rings is 1. The van der Waals surface area contributed by atoms with Crippen molar-refractivity contribution in [2.75, 3.05) is 20.8 Å². The second-order valence-electron chi connectivity index (χ2n) is 5.10. The van der Waals surface area contributed by atoms with Gasteiger partial charge in [-0.15, -0.1) is 0 Å². The highest BCUT2D eigenvalue weighted by atomic mass is 16.5. The van der Waals surface area contributed by atoms with Crippen molar-refractivity contribution in [3.05, 3.63) is 36.7 Å². The van der Waals surface area contributed by atoms with Crippen molar-refractivity contribution < 1.29 is 14.6 Å². The van der Waals surface area contributed by atoms with Crippen molar-refractivity contribution in [3.63, 3.8) is 0 Å². The van der Waals surface area contributed by atoms with Gasteiger partial charge in [-0.25, -0.2) is 4.98 Å². The van der Waals surface area contributed by atoms with Gasteiger partial charge in [0.15, 0.2) is 11.5 Å². The summed E-state index contributed by atoms with van der Waals surface area (Å²) in [5.41, 5.74) is 2.69. The molecule has 0 radical (unpaired) electrons. The molecule has 3 rings (SSSR count). The summed E-state index contributed by atoms with van der Waals surface area (Å²) in [5.74, 6) is 2.12. The third kappa shape index (κ3) is 2.85. The first-order chi connectivity index (χ1) is 11.3. The van der Waals surface area contributed by atoms with Gasteiger partial charge in [-0.1, -0.05) is 0 Å². The summed E-state index contributed by atoms with van der Waals surface area (Å²) in [6.07, 6.45) is 4.16. The summed E-state index contributed by atoms with van der Waals surface area (Å²) in [5, 5.41) is 9.19. The maximum Gasteiger partial charge on any atom is 0.163 e. The van der Waals surface area contributed by atoms with E-state index in [4.69, 9.17) is 14.5 Å². The van der Waals surface area contributed by atoms with E-state index in [2.05, 4.69) is 9.55 Å². The van der Waals surface area contributed by atoms with Gasteiger partial charge in [0.05, 0.1) is 25.3 Å². The first-order valence-electron chi connectivity index (χ1n) is 7.42. The van der Waals surface area contributed by atoms with E-state index in [1.54, 1.807) is 26.6 Å². The van der Waals surface area contributed by atoms with Crippen molar-refractivity contribution in [3.8, 4) is 22.9 Å². The van der Waals surface area contributed by atoms with Gasteiger partial charge in [-0.3, -0.25) is 4.98 Å². The van der Waals surface area contributed by atoms with Crippen molar-refractivity contribution in [1.29, 1.82) is 0 Å². The van der Waals surface area contributed by atoms with Gasteiger partial charge in [0.1, 0.15) is 5.82 Å². The van der Waals surface area contributed by atoms with E-state index in [0.717, 1.165) is 22.4 Å². The Hall–Kier alpha value is -2.60. The van der Waals surface area contributed by atoms with Crippen LogP contribution in [0.2, 0.25) is 0 Å². The Morgan fingerprint density at radius 1 is 1.17 bits per heavy atom. The molecule has 0 aliphatic carbocycles. The van der Waals surface area contributed by atoms with Crippen LogP contribution in [0.25, 0.3) is 22.4 Å². The molecule has 0 unspecified atom stereocenters. The normalized spacial score (nSPS) is 10.9. The number of ether oxygens (including phenoxy) is 2. The lowest BCUT2D eigenvalue weighted by atomic mass is 10.2. The second-order valence-corrected chi connectivity index (χ2v) is 5.10. The number of imidazole rings is 1. The van der Waals surface area contributed by atoms with E-state index in [1.165, 1.54) is 0 Å². The van der Waals surface area contributed by atoms with E-state index in [-0.39, 0.29) is 6.61 Å². The number of aryl methyl sites for hydroxylation is 1. The molecule has 6 heteroatoms. The van der Waals surface area contributed by atoms with E-state index in [0.29, 0.717) is 24.5 Å². The zero-order valence-corrected chi connectivity index (χ0v) is 13.2. The Labute approximate surface area is 134 Å². The number of methoxy groups -OCH3 is 2. The summed E-state index contributed by atoms with van der Waals surface area (Å²) >= 11 is 0. The van der Waals surface area contributed by atoms with Gasteiger partial charge in [-0.05, 0) is 18.6 Å². The number of aromatic nitrogens is 3. The average molecular weight is 313 g/mol. The molecule has 0 aliphatic heterocycles. The fourth-order valence-corrected chi connectivity index (χ4v) is 2.62. The smallest absolute Gasteiger partial charge is 0.163 e. The molecular formula is C17H19N3O3. The number of benzene rings is 1. The molecule has 0 fully saturated rings. The van der Waals surface area contributed by atoms with E-state index < -0.39 is 0 Å². The average Bonchev–Trinajstić information content (AvgIpc) is 2.96. The van der Waals surface area contributed by atoms with Gasteiger partial charge >= 0.3 is 0 Å². The van der Waals surface area contributed by atoms with E-state index in [1.807, 2.05) is 24.3 Å². The van der Waals surface area contributed by atoms with Gasteiger partial charge in [0.2, 0.25) is 0 Å². The van der Waals surface area contributed by atoms with Crippen LogP contribution in [0.4, 0.5) is 0 Å². The van der Waals surface area contributed by atoms with Crippen LogP contribution in [0.5, 0.6) is 11.5 Å². The van der Waals surface area contributed by atoms with Gasteiger partial charge in [0, 0.05) is 43.2 Å². The van der Waals surface area contributed by atoms with Crippen LogP contribution in [0.1, 0.15) is 6.42 Å². The third-order valence-electron chi connectivity index (χ3n) is 3.71. The summed E-state index contributed by atoms with van der Waals surface area (Å²) in [4.78, 5) is 8.89. The lowest BCUT2D eigenvalue weighted by Crippen LogP contribution is -2.03. The maximum atomic E-state index is 9.19. The number of hydrogen-bond acceptors (Lipinski definition) is 5. The Morgan fingerprint density at radius 3 is 2.61 bits per heavy atom. The molecule has 1 N–H and O–H groups in total. The highest BCUT2D eigenvalue weighted by Gasteiger charge is 2.16. The number of rotatable bonds is 6. The summed E-state index contributed by atoms with van der Waals surface area (Å²) in [6.45, 7) is 0.784.